The zero-order valence-electron chi connectivity index (χ0n) is 16.6. The van der Waals surface area contributed by atoms with Crippen molar-refractivity contribution >= 4 is 34.2 Å². The molecule has 2 N–H and O–H groups in total. The molecule has 2 aliphatic rings. The lowest BCUT2D eigenvalue weighted by molar-refractivity contribution is -0.136. The molecule has 0 atom stereocenters. The molecule has 1 amide bonds. The Morgan fingerprint density at radius 2 is 1.89 bits per heavy atom. The highest BCUT2D eigenvalue weighted by Gasteiger charge is 2.35. The first kappa shape index (κ1) is 22.6. The van der Waals surface area contributed by atoms with Crippen molar-refractivity contribution in [1.29, 1.82) is 0 Å². The molecule has 0 unspecified atom stereocenters. The van der Waals surface area contributed by atoms with E-state index >= 15 is 0 Å². The fourth-order valence-electron chi connectivity index (χ4n) is 3.75. The number of nitrogens with two attached hydrogens (primary N) is 1. The third kappa shape index (κ3) is 4.50. The number of fused-ring (bicyclic) bond motifs is 1. The highest BCUT2D eigenvalue weighted by atomic mass is 35.5. The predicted molar refractivity (Wildman–Crippen MR) is 112 cm³/mol. The summed E-state index contributed by atoms with van der Waals surface area (Å²) in [4.78, 5) is 16.8. The van der Waals surface area contributed by atoms with E-state index in [0.717, 1.165) is 0 Å². The summed E-state index contributed by atoms with van der Waals surface area (Å²) in [6.07, 6.45) is 1.38. The smallest absolute Gasteiger partial charge is 0.285 e. The van der Waals surface area contributed by atoms with Gasteiger partial charge in [0.05, 0.1) is 0 Å². The summed E-state index contributed by atoms with van der Waals surface area (Å²) in [6.45, 7) is 6.49. The van der Waals surface area contributed by atoms with E-state index in [0.29, 0.717) is 50.4 Å². The van der Waals surface area contributed by atoms with Crippen molar-refractivity contribution in [3.05, 3.63) is 29.8 Å². The van der Waals surface area contributed by atoms with Crippen molar-refractivity contribution in [2.24, 2.45) is 21.5 Å². The number of carbonyl (C=O) groups is 1. The summed E-state index contributed by atoms with van der Waals surface area (Å²) >= 11 is 0. The van der Waals surface area contributed by atoms with Crippen LogP contribution in [0.4, 0.5) is 0 Å². The van der Waals surface area contributed by atoms with Gasteiger partial charge in [0.15, 0.2) is 5.84 Å². The third-order valence-corrected chi connectivity index (χ3v) is 6.68. The molecule has 0 spiro atoms. The maximum atomic E-state index is 12.8. The van der Waals surface area contributed by atoms with Crippen LogP contribution in [0.5, 0.6) is 0 Å². The number of rotatable bonds is 4. The van der Waals surface area contributed by atoms with Gasteiger partial charge in [-0.05, 0) is 36.9 Å². The number of piperidine rings is 1. The fraction of sp³-hybridized carbons (Fsp3) is 0.579. The lowest BCUT2D eigenvalue weighted by Crippen LogP contribution is -2.46. The number of amides is 1. The standard InChI is InChI=1S/C19H28N4O3S.ClH/c1-19(2,12-20)13-22(3)18(24)14-8-10-23(11-9-14)17-15-6-4-5-7-16(15)27(25,26)21-17;/h4-7,14H,8-13,20H2,1-3H3;1H. The zero-order chi connectivity index (χ0) is 19.8. The first-order chi connectivity index (χ1) is 12.6. The summed E-state index contributed by atoms with van der Waals surface area (Å²) in [5, 5.41) is 0. The van der Waals surface area contributed by atoms with Gasteiger partial charge >= 0.3 is 0 Å². The number of benzene rings is 1. The molecule has 1 fully saturated rings. The number of sulfonamides is 1. The second-order valence-corrected chi connectivity index (χ2v) is 9.78. The predicted octanol–water partition coefficient (Wildman–Crippen LogP) is 1.71. The molecular formula is C19H29ClN4O3S. The fourth-order valence-corrected chi connectivity index (χ4v) is 4.98. The summed E-state index contributed by atoms with van der Waals surface area (Å²) in [5.41, 5.74) is 6.32. The second-order valence-electron chi connectivity index (χ2n) is 8.21. The molecule has 0 radical (unpaired) electrons. The number of carbonyl (C=O) groups excluding carboxylic acids is 1. The van der Waals surface area contributed by atoms with Crippen molar-refractivity contribution in [2.45, 2.75) is 31.6 Å². The van der Waals surface area contributed by atoms with Crippen molar-refractivity contribution in [1.82, 2.24) is 9.80 Å². The van der Waals surface area contributed by atoms with E-state index in [9.17, 15) is 13.2 Å². The van der Waals surface area contributed by atoms with Crippen LogP contribution in [0.3, 0.4) is 0 Å². The van der Waals surface area contributed by atoms with Crippen molar-refractivity contribution in [3.63, 3.8) is 0 Å². The minimum Gasteiger partial charge on any atom is -0.355 e. The van der Waals surface area contributed by atoms with Gasteiger partial charge in [-0.3, -0.25) is 4.79 Å². The Bertz CT molecular complexity index is 862. The number of likely N-dealkylation sites (tertiary alicyclic amines) is 1. The van der Waals surface area contributed by atoms with Crippen LogP contribution < -0.4 is 5.73 Å². The molecule has 0 saturated carbocycles. The van der Waals surface area contributed by atoms with Crippen LogP contribution in [0, 0.1) is 11.3 Å². The number of amidine groups is 1. The molecular weight excluding hydrogens is 400 g/mol. The van der Waals surface area contributed by atoms with E-state index in [-0.39, 0.29) is 34.5 Å². The number of hydrogen-bond acceptors (Lipinski definition) is 5. The van der Waals surface area contributed by atoms with Gasteiger partial charge in [-0.1, -0.05) is 26.0 Å². The van der Waals surface area contributed by atoms with Crippen LogP contribution in [0.2, 0.25) is 0 Å². The SMILES string of the molecule is CN(CC(C)(C)CN)C(=O)C1CCN(C2=NS(=O)(=O)c3ccccc32)CC1.Cl. The minimum absolute atomic E-state index is 0. The molecule has 9 heteroatoms. The van der Waals surface area contributed by atoms with E-state index in [2.05, 4.69) is 18.2 Å². The van der Waals surface area contributed by atoms with Gasteiger partial charge in [-0.25, -0.2) is 0 Å². The molecule has 0 aliphatic carbocycles. The van der Waals surface area contributed by atoms with Gasteiger partial charge < -0.3 is 15.5 Å². The Hall–Kier alpha value is -1.64. The lowest BCUT2D eigenvalue weighted by Gasteiger charge is -2.36. The monoisotopic (exact) mass is 428 g/mol. The molecule has 0 aromatic heterocycles. The molecule has 2 heterocycles. The number of hydrogen-bond donors (Lipinski definition) is 1. The van der Waals surface area contributed by atoms with Gasteiger partial charge in [0.1, 0.15) is 4.90 Å². The molecule has 0 bridgehead atoms. The zero-order valence-corrected chi connectivity index (χ0v) is 18.2. The average Bonchev–Trinajstić information content (AvgIpc) is 2.92. The number of halogens is 1. The Morgan fingerprint density at radius 1 is 1.29 bits per heavy atom. The largest absolute Gasteiger partial charge is 0.355 e. The van der Waals surface area contributed by atoms with E-state index < -0.39 is 10.0 Å². The first-order valence-electron chi connectivity index (χ1n) is 9.29. The molecule has 156 valence electrons. The van der Waals surface area contributed by atoms with E-state index in [4.69, 9.17) is 5.73 Å². The van der Waals surface area contributed by atoms with Crippen LogP contribution >= 0.6 is 12.4 Å². The minimum atomic E-state index is -3.61. The van der Waals surface area contributed by atoms with E-state index in [1.54, 1.807) is 23.1 Å². The maximum Gasteiger partial charge on any atom is 0.285 e. The van der Waals surface area contributed by atoms with Crippen LogP contribution in [-0.4, -0.2) is 63.2 Å². The van der Waals surface area contributed by atoms with Gasteiger partial charge in [-0.15, -0.1) is 16.8 Å². The summed E-state index contributed by atoms with van der Waals surface area (Å²) in [5.74, 6) is 0.598. The lowest BCUT2D eigenvalue weighted by atomic mass is 9.91. The molecule has 7 nitrogen and oxygen atoms in total. The molecule has 3 rings (SSSR count). The summed E-state index contributed by atoms with van der Waals surface area (Å²) < 4.78 is 28.5. The first-order valence-corrected chi connectivity index (χ1v) is 10.7. The number of nitrogens with zero attached hydrogens (tertiary/aromatic N) is 3. The van der Waals surface area contributed by atoms with Crippen LogP contribution in [-0.2, 0) is 14.8 Å². The maximum absolute atomic E-state index is 12.8. The summed E-state index contributed by atoms with van der Waals surface area (Å²) in [7, 11) is -1.78. The van der Waals surface area contributed by atoms with Crippen molar-refractivity contribution < 1.29 is 13.2 Å². The Morgan fingerprint density at radius 3 is 2.50 bits per heavy atom. The van der Waals surface area contributed by atoms with Gasteiger partial charge in [0.25, 0.3) is 10.0 Å². The Balaban J connectivity index is 0.00000280. The third-order valence-electron chi connectivity index (χ3n) is 5.35. The Labute approximate surface area is 173 Å². The van der Waals surface area contributed by atoms with Crippen LogP contribution in [0.1, 0.15) is 32.3 Å². The van der Waals surface area contributed by atoms with E-state index in [1.807, 2.05) is 18.0 Å². The summed E-state index contributed by atoms with van der Waals surface area (Å²) in [6, 6.07) is 6.91. The van der Waals surface area contributed by atoms with Gasteiger partial charge in [0.2, 0.25) is 5.91 Å². The van der Waals surface area contributed by atoms with Crippen molar-refractivity contribution in [3.8, 4) is 0 Å². The van der Waals surface area contributed by atoms with Crippen molar-refractivity contribution in [2.75, 3.05) is 33.2 Å². The quantitative estimate of drug-likeness (QED) is 0.787. The van der Waals surface area contributed by atoms with Gasteiger partial charge in [0, 0.05) is 38.2 Å². The normalized spacial score (nSPS) is 18.9. The molecule has 2 aliphatic heterocycles. The average molecular weight is 429 g/mol. The van der Waals surface area contributed by atoms with Crippen LogP contribution in [0.15, 0.2) is 33.6 Å². The van der Waals surface area contributed by atoms with E-state index in [1.165, 1.54) is 0 Å². The highest BCUT2D eigenvalue weighted by Crippen LogP contribution is 2.30. The molecule has 1 saturated heterocycles. The molecule has 1 aromatic rings. The molecule has 1 aromatic carbocycles. The Kier molecular flexibility index (Phi) is 6.78. The topological polar surface area (TPSA) is 96.1 Å². The van der Waals surface area contributed by atoms with Gasteiger partial charge in [-0.2, -0.15) is 8.42 Å². The van der Waals surface area contributed by atoms with Crippen LogP contribution in [0.25, 0.3) is 0 Å². The second kappa shape index (κ2) is 8.39. The highest BCUT2D eigenvalue weighted by molar-refractivity contribution is 7.90. The molecule has 28 heavy (non-hydrogen) atoms.